The maximum absolute atomic E-state index is 5.89. The number of nitrogens with zero attached hydrogens (tertiary/aromatic N) is 1. The van der Waals surface area contributed by atoms with E-state index in [1.807, 2.05) is 6.07 Å². The molecule has 1 aromatic heterocycles. The Morgan fingerprint density at radius 1 is 1.50 bits per heavy atom. The van der Waals surface area contributed by atoms with Gasteiger partial charge in [0.25, 0.3) is 0 Å². The first-order valence-electron chi connectivity index (χ1n) is 6.43. The highest BCUT2D eigenvalue weighted by Gasteiger charge is 2.24. The standard InChI is InChI=1S/C13H21BrN2O2/c1-16(9-10-2-5-17-6-3-10)12(8-15)13-11(14)4-7-18-13/h4,7,10,12H,2-3,5-6,8-9,15H2,1H3. The fourth-order valence-corrected chi connectivity index (χ4v) is 2.96. The molecule has 1 fully saturated rings. The lowest BCUT2D eigenvalue weighted by molar-refractivity contribution is 0.0492. The Morgan fingerprint density at radius 3 is 2.78 bits per heavy atom. The van der Waals surface area contributed by atoms with E-state index in [1.165, 1.54) is 0 Å². The van der Waals surface area contributed by atoms with Gasteiger partial charge >= 0.3 is 0 Å². The van der Waals surface area contributed by atoms with Gasteiger partial charge in [0.15, 0.2) is 0 Å². The molecule has 1 aliphatic rings. The van der Waals surface area contributed by atoms with Crippen LogP contribution in [0.2, 0.25) is 0 Å². The van der Waals surface area contributed by atoms with Crippen molar-refractivity contribution in [2.24, 2.45) is 11.7 Å². The predicted octanol–water partition coefficient (Wildman–Crippen LogP) is 2.40. The van der Waals surface area contributed by atoms with Crippen LogP contribution in [0.1, 0.15) is 24.6 Å². The van der Waals surface area contributed by atoms with Crippen molar-refractivity contribution in [2.75, 3.05) is 33.4 Å². The number of halogens is 1. The zero-order chi connectivity index (χ0) is 13.0. The summed E-state index contributed by atoms with van der Waals surface area (Å²) in [5.74, 6) is 1.62. The van der Waals surface area contributed by atoms with E-state index in [4.69, 9.17) is 14.9 Å². The van der Waals surface area contributed by atoms with E-state index in [1.54, 1.807) is 6.26 Å². The molecule has 2 N–H and O–H groups in total. The monoisotopic (exact) mass is 316 g/mol. The van der Waals surface area contributed by atoms with Gasteiger partial charge in [-0.1, -0.05) is 0 Å². The van der Waals surface area contributed by atoms with Crippen molar-refractivity contribution in [2.45, 2.75) is 18.9 Å². The summed E-state index contributed by atoms with van der Waals surface area (Å²) in [6.07, 6.45) is 3.98. The minimum atomic E-state index is 0.136. The zero-order valence-electron chi connectivity index (χ0n) is 10.8. The van der Waals surface area contributed by atoms with E-state index < -0.39 is 0 Å². The van der Waals surface area contributed by atoms with Gasteiger partial charge in [-0.2, -0.15) is 0 Å². The molecule has 0 radical (unpaired) electrons. The molecule has 1 atom stereocenters. The SMILES string of the molecule is CN(CC1CCOCC1)C(CN)c1occc1Br. The Labute approximate surface area is 117 Å². The Bertz CT molecular complexity index is 364. The van der Waals surface area contributed by atoms with Crippen molar-refractivity contribution >= 4 is 15.9 Å². The molecule has 2 rings (SSSR count). The molecule has 2 heterocycles. The van der Waals surface area contributed by atoms with E-state index in [2.05, 4.69) is 27.9 Å². The molecule has 5 heteroatoms. The second-order valence-electron chi connectivity index (χ2n) is 4.88. The summed E-state index contributed by atoms with van der Waals surface area (Å²) >= 11 is 3.51. The minimum absolute atomic E-state index is 0.136. The van der Waals surface area contributed by atoms with Crippen LogP contribution in [0.3, 0.4) is 0 Å². The number of likely N-dealkylation sites (N-methyl/N-ethyl adjacent to an activating group) is 1. The molecule has 0 aromatic carbocycles. The highest BCUT2D eigenvalue weighted by atomic mass is 79.9. The molecule has 1 aliphatic heterocycles. The third-order valence-electron chi connectivity index (χ3n) is 3.59. The molecule has 4 nitrogen and oxygen atoms in total. The molecule has 0 aliphatic carbocycles. The summed E-state index contributed by atoms with van der Waals surface area (Å²) < 4.78 is 11.9. The maximum atomic E-state index is 5.89. The van der Waals surface area contributed by atoms with E-state index >= 15 is 0 Å². The molecule has 18 heavy (non-hydrogen) atoms. The highest BCUT2D eigenvalue weighted by molar-refractivity contribution is 9.10. The smallest absolute Gasteiger partial charge is 0.136 e. The van der Waals surface area contributed by atoms with Crippen LogP contribution < -0.4 is 5.73 Å². The van der Waals surface area contributed by atoms with Crippen LogP contribution in [0.25, 0.3) is 0 Å². The number of hydrogen-bond acceptors (Lipinski definition) is 4. The number of rotatable bonds is 5. The highest BCUT2D eigenvalue weighted by Crippen LogP contribution is 2.29. The topological polar surface area (TPSA) is 51.6 Å². The summed E-state index contributed by atoms with van der Waals surface area (Å²) in [5.41, 5.74) is 5.89. The summed E-state index contributed by atoms with van der Waals surface area (Å²) in [6.45, 7) is 3.37. The van der Waals surface area contributed by atoms with E-state index in [0.717, 1.165) is 42.8 Å². The van der Waals surface area contributed by atoms with Gasteiger partial charge < -0.3 is 14.9 Å². The van der Waals surface area contributed by atoms with Crippen LogP contribution in [0.15, 0.2) is 21.2 Å². The van der Waals surface area contributed by atoms with Crippen LogP contribution in [0, 0.1) is 5.92 Å². The average Bonchev–Trinajstić information content (AvgIpc) is 2.78. The van der Waals surface area contributed by atoms with E-state index in [9.17, 15) is 0 Å². The van der Waals surface area contributed by atoms with Crippen LogP contribution in [-0.4, -0.2) is 38.3 Å². The number of furan rings is 1. The fourth-order valence-electron chi connectivity index (χ4n) is 2.49. The van der Waals surface area contributed by atoms with Gasteiger partial charge in [0.1, 0.15) is 5.76 Å². The van der Waals surface area contributed by atoms with Gasteiger partial charge in [-0.05, 0) is 47.8 Å². The third-order valence-corrected chi connectivity index (χ3v) is 4.24. The summed E-state index contributed by atoms with van der Waals surface area (Å²) in [6, 6.07) is 2.05. The molecule has 0 amide bonds. The van der Waals surface area contributed by atoms with Crippen LogP contribution in [-0.2, 0) is 4.74 Å². The normalized spacial score (nSPS) is 19.3. The molecule has 102 valence electrons. The van der Waals surface area contributed by atoms with Gasteiger partial charge in [0.2, 0.25) is 0 Å². The molecule has 1 saturated heterocycles. The van der Waals surface area contributed by atoms with Gasteiger partial charge in [0, 0.05) is 26.3 Å². The molecular weight excluding hydrogens is 296 g/mol. The summed E-state index contributed by atoms with van der Waals surface area (Å²) in [7, 11) is 2.11. The lowest BCUT2D eigenvalue weighted by atomic mass is 9.99. The van der Waals surface area contributed by atoms with Gasteiger partial charge in [-0.25, -0.2) is 0 Å². The second kappa shape index (κ2) is 6.70. The third kappa shape index (κ3) is 3.35. The van der Waals surface area contributed by atoms with Crippen molar-refractivity contribution < 1.29 is 9.15 Å². The number of hydrogen-bond donors (Lipinski definition) is 1. The predicted molar refractivity (Wildman–Crippen MR) is 74.4 cm³/mol. The summed E-state index contributed by atoms with van der Waals surface area (Å²) in [5, 5.41) is 0. The largest absolute Gasteiger partial charge is 0.466 e. The minimum Gasteiger partial charge on any atom is -0.466 e. The first-order valence-corrected chi connectivity index (χ1v) is 7.22. The molecule has 0 spiro atoms. The van der Waals surface area contributed by atoms with E-state index in [0.29, 0.717) is 12.5 Å². The second-order valence-corrected chi connectivity index (χ2v) is 5.73. The summed E-state index contributed by atoms with van der Waals surface area (Å²) in [4.78, 5) is 2.29. The Balaban J connectivity index is 1.97. The Hall–Kier alpha value is -0.360. The molecular formula is C13H21BrN2O2. The van der Waals surface area contributed by atoms with Gasteiger partial charge in [-0.15, -0.1) is 0 Å². The first-order chi connectivity index (χ1) is 8.72. The van der Waals surface area contributed by atoms with Crippen molar-refractivity contribution in [3.63, 3.8) is 0 Å². The van der Waals surface area contributed by atoms with E-state index in [-0.39, 0.29) is 6.04 Å². The first kappa shape index (κ1) is 14.1. The molecule has 0 saturated carbocycles. The lowest BCUT2D eigenvalue weighted by Gasteiger charge is -2.31. The molecule has 0 bridgehead atoms. The van der Waals surface area contributed by atoms with Crippen molar-refractivity contribution in [3.8, 4) is 0 Å². The zero-order valence-corrected chi connectivity index (χ0v) is 12.4. The number of nitrogens with two attached hydrogens (primary N) is 1. The van der Waals surface area contributed by atoms with Crippen molar-refractivity contribution in [1.29, 1.82) is 0 Å². The van der Waals surface area contributed by atoms with Crippen LogP contribution in [0.5, 0.6) is 0 Å². The van der Waals surface area contributed by atoms with Gasteiger partial charge in [-0.3, -0.25) is 4.90 Å². The average molecular weight is 317 g/mol. The van der Waals surface area contributed by atoms with Crippen molar-refractivity contribution in [1.82, 2.24) is 4.90 Å². The molecule has 1 aromatic rings. The van der Waals surface area contributed by atoms with Crippen LogP contribution in [0.4, 0.5) is 0 Å². The number of ether oxygens (including phenoxy) is 1. The fraction of sp³-hybridized carbons (Fsp3) is 0.692. The van der Waals surface area contributed by atoms with Crippen LogP contribution >= 0.6 is 15.9 Å². The quantitative estimate of drug-likeness (QED) is 0.906. The maximum Gasteiger partial charge on any atom is 0.136 e. The van der Waals surface area contributed by atoms with Gasteiger partial charge in [0.05, 0.1) is 16.8 Å². The molecule has 1 unspecified atom stereocenters. The Morgan fingerprint density at radius 2 is 2.22 bits per heavy atom. The van der Waals surface area contributed by atoms with Crippen molar-refractivity contribution in [3.05, 3.63) is 22.6 Å². The Kier molecular flexibility index (Phi) is 5.24. The lowest BCUT2D eigenvalue weighted by Crippen LogP contribution is -2.36.